The SMILES string of the molecule is CC(NC(=O)c1ccccc1NC(=O)c1ccccc1)c1ccc(-n2cncn2)cc1. The van der Waals surface area contributed by atoms with Crippen LogP contribution in [0.2, 0.25) is 0 Å². The second-order valence-electron chi connectivity index (χ2n) is 6.99. The molecule has 0 saturated carbocycles. The first-order chi connectivity index (χ1) is 15.1. The minimum Gasteiger partial charge on any atom is -0.345 e. The molecule has 2 N–H and O–H groups in total. The average Bonchev–Trinajstić information content (AvgIpc) is 3.35. The average molecular weight is 411 g/mol. The Morgan fingerprint density at radius 2 is 1.58 bits per heavy atom. The molecule has 1 aromatic heterocycles. The lowest BCUT2D eigenvalue weighted by atomic mass is 10.1. The summed E-state index contributed by atoms with van der Waals surface area (Å²) < 4.78 is 1.67. The summed E-state index contributed by atoms with van der Waals surface area (Å²) in [5.41, 5.74) is 3.22. The van der Waals surface area contributed by atoms with E-state index in [-0.39, 0.29) is 17.9 Å². The molecule has 31 heavy (non-hydrogen) atoms. The molecule has 4 aromatic rings. The smallest absolute Gasteiger partial charge is 0.255 e. The van der Waals surface area contributed by atoms with Crippen molar-refractivity contribution in [2.75, 3.05) is 5.32 Å². The van der Waals surface area contributed by atoms with E-state index in [4.69, 9.17) is 0 Å². The number of para-hydroxylation sites is 1. The fourth-order valence-electron chi connectivity index (χ4n) is 3.19. The number of benzene rings is 3. The highest BCUT2D eigenvalue weighted by Crippen LogP contribution is 2.20. The van der Waals surface area contributed by atoms with Gasteiger partial charge in [-0.3, -0.25) is 9.59 Å². The van der Waals surface area contributed by atoms with E-state index < -0.39 is 0 Å². The van der Waals surface area contributed by atoms with Crippen LogP contribution in [-0.2, 0) is 0 Å². The van der Waals surface area contributed by atoms with Crippen LogP contribution in [0.1, 0.15) is 39.2 Å². The van der Waals surface area contributed by atoms with Gasteiger partial charge in [0.25, 0.3) is 11.8 Å². The van der Waals surface area contributed by atoms with E-state index in [9.17, 15) is 9.59 Å². The fourth-order valence-corrected chi connectivity index (χ4v) is 3.19. The number of rotatable bonds is 6. The summed E-state index contributed by atoms with van der Waals surface area (Å²) >= 11 is 0. The number of aromatic nitrogens is 3. The normalized spacial score (nSPS) is 11.5. The molecule has 1 atom stereocenters. The summed E-state index contributed by atoms with van der Waals surface area (Å²) in [6.45, 7) is 1.91. The molecule has 0 aliphatic rings. The maximum absolute atomic E-state index is 12.9. The summed E-state index contributed by atoms with van der Waals surface area (Å²) in [6, 6.07) is 23.3. The largest absolute Gasteiger partial charge is 0.345 e. The molecule has 1 unspecified atom stereocenters. The topological polar surface area (TPSA) is 88.9 Å². The van der Waals surface area contributed by atoms with Gasteiger partial charge >= 0.3 is 0 Å². The van der Waals surface area contributed by atoms with Crippen molar-refractivity contribution in [3.8, 4) is 5.69 Å². The Hall–Kier alpha value is -4.26. The number of amides is 2. The molecule has 0 aliphatic heterocycles. The van der Waals surface area contributed by atoms with Crippen LogP contribution in [0.5, 0.6) is 0 Å². The first-order valence-electron chi connectivity index (χ1n) is 9.83. The molecular formula is C24H21N5O2. The predicted octanol–water partition coefficient (Wildman–Crippen LogP) is 4.01. The van der Waals surface area contributed by atoms with E-state index in [0.717, 1.165) is 11.3 Å². The molecule has 0 bridgehead atoms. The predicted molar refractivity (Wildman–Crippen MR) is 118 cm³/mol. The molecular weight excluding hydrogens is 390 g/mol. The first-order valence-corrected chi connectivity index (χ1v) is 9.83. The quantitative estimate of drug-likeness (QED) is 0.502. The summed E-state index contributed by atoms with van der Waals surface area (Å²) in [6.07, 6.45) is 3.10. The van der Waals surface area contributed by atoms with Crippen LogP contribution in [0.3, 0.4) is 0 Å². The van der Waals surface area contributed by atoms with Crippen molar-refractivity contribution in [1.82, 2.24) is 20.1 Å². The third-order valence-electron chi connectivity index (χ3n) is 4.88. The van der Waals surface area contributed by atoms with Gasteiger partial charge in [-0.25, -0.2) is 9.67 Å². The van der Waals surface area contributed by atoms with Gasteiger partial charge in [0.2, 0.25) is 0 Å². The molecule has 2 amide bonds. The van der Waals surface area contributed by atoms with Crippen LogP contribution < -0.4 is 10.6 Å². The molecule has 7 heteroatoms. The monoisotopic (exact) mass is 411 g/mol. The van der Waals surface area contributed by atoms with Gasteiger partial charge < -0.3 is 10.6 Å². The Labute approximate surface area is 179 Å². The van der Waals surface area contributed by atoms with Crippen LogP contribution in [0.25, 0.3) is 5.69 Å². The molecule has 4 rings (SSSR count). The van der Waals surface area contributed by atoms with E-state index in [1.165, 1.54) is 6.33 Å². The lowest BCUT2D eigenvalue weighted by molar-refractivity contribution is 0.0941. The number of hydrogen-bond donors (Lipinski definition) is 2. The Morgan fingerprint density at radius 1 is 0.871 bits per heavy atom. The molecule has 7 nitrogen and oxygen atoms in total. The summed E-state index contributed by atoms with van der Waals surface area (Å²) in [5, 5.41) is 9.93. The van der Waals surface area contributed by atoms with E-state index in [1.807, 2.05) is 37.3 Å². The molecule has 0 fully saturated rings. The van der Waals surface area contributed by atoms with E-state index >= 15 is 0 Å². The third kappa shape index (κ3) is 4.67. The van der Waals surface area contributed by atoms with Crippen molar-refractivity contribution in [3.05, 3.63) is 108 Å². The highest BCUT2D eigenvalue weighted by Gasteiger charge is 2.16. The van der Waals surface area contributed by atoms with Gasteiger partial charge in [0, 0.05) is 5.56 Å². The molecule has 154 valence electrons. The number of nitrogens with one attached hydrogen (secondary N) is 2. The lowest BCUT2D eigenvalue weighted by Gasteiger charge is -2.17. The molecule has 0 radical (unpaired) electrons. The Kier molecular flexibility index (Phi) is 5.84. The first kappa shape index (κ1) is 20.0. The number of nitrogens with zero attached hydrogens (tertiary/aromatic N) is 3. The maximum Gasteiger partial charge on any atom is 0.255 e. The van der Waals surface area contributed by atoms with Crippen molar-refractivity contribution in [3.63, 3.8) is 0 Å². The number of anilines is 1. The molecule has 0 spiro atoms. The van der Waals surface area contributed by atoms with E-state index in [2.05, 4.69) is 20.7 Å². The van der Waals surface area contributed by atoms with Crippen LogP contribution >= 0.6 is 0 Å². The third-order valence-corrected chi connectivity index (χ3v) is 4.88. The van der Waals surface area contributed by atoms with Gasteiger partial charge in [-0.2, -0.15) is 5.10 Å². The minimum absolute atomic E-state index is 0.227. The Bertz CT molecular complexity index is 1170. The highest BCUT2D eigenvalue weighted by atomic mass is 16.2. The molecule has 3 aromatic carbocycles. The van der Waals surface area contributed by atoms with Gasteiger partial charge in [-0.15, -0.1) is 0 Å². The number of hydrogen-bond acceptors (Lipinski definition) is 4. The van der Waals surface area contributed by atoms with Gasteiger partial charge in [0.15, 0.2) is 0 Å². The molecule has 0 aliphatic carbocycles. The van der Waals surface area contributed by atoms with E-state index in [0.29, 0.717) is 16.8 Å². The van der Waals surface area contributed by atoms with Crippen molar-refractivity contribution in [2.24, 2.45) is 0 Å². The second kappa shape index (κ2) is 9.04. The Morgan fingerprint density at radius 3 is 2.29 bits per heavy atom. The van der Waals surface area contributed by atoms with Crippen LogP contribution in [0.4, 0.5) is 5.69 Å². The summed E-state index contributed by atoms with van der Waals surface area (Å²) in [4.78, 5) is 29.4. The Balaban J connectivity index is 1.46. The summed E-state index contributed by atoms with van der Waals surface area (Å²) in [7, 11) is 0. The van der Waals surface area contributed by atoms with E-state index in [1.54, 1.807) is 59.5 Å². The van der Waals surface area contributed by atoms with Crippen molar-refractivity contribution in [1.29, 1.82) is 0 Å². The van der Waals surface area contributed by atoms with Gasteiger partial charge in [0.05, 0.1) is 23.0 Å². The van der Waals surface area contributed by atoms with Crippen molar-refractivity contribution in [2.45, 2.75) is 13.0 Å². The fraction of sp³-hybridized carbons (Fsp3) is 0.0833. The van der Waals surface area contributed by atoms with Gasteiger partial charge in [-0.1, -0.05) is 42.5 Å². The zero-order valence-corrected chi connectivity index (χ0v) is 16.9. The zero-order valence-electron chi connectivity index (χ0n) is 16.9. The van der Waals surface area contributed by atoms with Crippen LogP contribution in [-0.4, -0.2) is 26.6 Å². The van der Waals surface area contributed by atoms with Crippen LogP contribution in [0, 0.1) is 0 Å². The maximum atomic E-state index is 12.9. The zero-order chi connectivity index (χ0) is 21.6. The summed E-state index contributed by atoms with van der Waals surface area (Å²) in [5.74, 6) is -0.533. The number of carbonyl (C=O) groups excluding carboxylic acids is 2. The van der Waals surface area contributed by atoms with Gasteiger partial charge in [-0.05, 0) is 48.9 Å². The number of carbonyl (C=O) groups is 2. The highest BCUT2D eigenvalue weighted by molar-refractivity contribution is 6.09. The van der Waals surface area contributed by atoms with Crippen molar-refractivity contribution < 1.29 is 9.59 Å². The van der Waals surface area contributed by atoms with Crippen molar-refractivity contribution >= 4 is 17.5 Å². The minimum atomic E-state index is -0.267. The molecule has 1 heterocycles. The second-order valence-corrected chi connectivity index (χ2v) is 6.99. The standard InChI is InChI=1S/C24H21N5O2/c1-17(18-11-13-20(14-12-18)29-16-25-15-26-29)27-24(31)21-9-5-6-10-22(21)28-23(30)19-7-3-2-4-8-19/h2-17H,1H3,(H,27,31)(H,28,30). The molecule has 0 saturated heterocycles. The van der Waals surface area contributed by atoms with Gasteiger partial charge in [0.1, 0.15) is 12.7 Å². The lowest BCUT2D eigenvalue weighted by Crippen LogP contribution is -2.28. The van der Waals surface area contributed by atoms with Crippen LogP contribution in [0.15, 0.2) is 91.5 Å².